The average molecular weight is 354 g/mol. The van der Waals surface area contributed by atoms with Gasteiger partial charge < -0.3 is 10.6 Å². The zero-order valence-electron chi connectivity index (χ0n) is 10.9. The predicted molar refractivity (Wildman–Crippen MR) is 87.5 cm³/mol. The van der Waals surface area contributed by atoms with Gasteiger partial charge in [-0.05, 0) is 48.9 Å². The minimum absolute atomic E-state index is 0.107. The second kappa shape index (κ2) is 6.77. The van der Waals surface area contributed by atoms with Crippen LogP contribution in [-0.2, 0) is 4.79 Å². The Balaban J connectivity index is 1.88. The molecule has 0 fully saturated rings. The van der Waals surface area contributed by atoms with E-state index in [9.17, 15) is 4.79 Å². The van der Waals surface area contributed by atoms with E-state index in [4.69, 9.17) is 11.6 Å². The van der Waals surface area contributed by atoms with Crippen LogP contribution in [-0.4, -0.2) is 12.5 Å². The summed E-state index contributed by atoms with van der Waals surface area (Å²) in [6, 6.07) is 12.9. The van der Waals surface area contributed by atoms with Gasteiger partial charge in [-0.2, -0.15) is 0 Å². The lowest BCUT2D eigenvalue weighted by atomic mass is 10.2. The molecule has 5 heteroatoms. The summed E-state index contributed by atoms with van der Waals surface area (Å²) in [7, 11) is 0. The number of amides is 1. The van der Waals surface area contributed by atoms with Gasteiger partial charge in [0.05, 0.1) is 6.54 Å². The standard InChI is InChI=1S/C15H14BrClN2O/c1-10-2-5-13(8-14(10)16)18-9-15(20)19-12-6-3-11(17)4-7-12/h2-8,18H,9H2,1H3,(H,19,20). The summed E-state index contributed by atoms with van der Waals surface area (Å²) in [6.45, 7) is 2.22. The van der Waals surface area contributed by atoms with Crippen LogP contribution in [0.1, 0.15) is 5.56 Å². The van der Waals surface area contributed by atoms with Crippen LogP contribution in [0.4, 0.5) is 11.4 Å². The van der Waals surface area contributed by atoms with Crippen molar-refractivity contribution in [3.8, 4) is 0 Å². The van der Waals surface area contributed by atoms with Gasteiger partial charge in [0, 0.05) is 20.9 Å². The van der Waals surface area contributed by atoms with Gasteiger partial charge >= 0.3 is 0 Å². The van der Waals surface area contributed by atoms with Crippen LogP contribution >= 0.6 is 27.5 Å². The molecule has 0 aromatic heterocycles. The van der Waals surface area contributed by atoms with E-state index in [1.54, 1.807) is 24.3 Å². The van der Waals surface area contributed by atoms with Crippen molar-refractivity contribution < 1.29 is 4.79 Å². The second-order valence-electron chi connectivity index (χ2n) is 4.37. The Morgan fingerprint density at radius 2 is 1.80 bits per heavy atom. The Kier molecular flexibility index (Phi) is 5.04. The monoisotopic (exact) mass is 352 g/mol. The van der Waals surface area contributed by atoms with Crippen LogP contribution < -0.4 is 10.6 Å². The largest absolute Gasteiger partial charge is 0.376 e. The first kappa shape index (κ1) is 14.9. The highest BCUT2D eigenvalue weighted by Gasteiger charge is 2.03. The summed E-state index contributed by atoms with van der Waals surface area (Å²) in [6.07, 6.45) is 0. The Bertz CT molecular complexity index is 614. The van der Waals surface area contributed by atoms with Crippen LogP contribution in [0.5, 0.6) is 0 Å². The van der Waals surface area contributed by atoms with Crippen molar-refractivity contribution in [2.75, 3.05) is 17.2 Å². The van der Waals surface area contributed by atoms with Crippen molar-refractivity contribution in [1.82, 2.24) is 0 Å². The SMILES string of the molecule is Cc1ccc(NCC(=O)Nc2ccc(Cl)cc2)cc1Br. The van der Waals surface area contributed by atoms with Crippen molar-refractivity contribution in [3.05, 3.63) is 57.5 Å². The maximum atomic E-state index is 11.8. The van der Waals surface area contributed by atoms with Crippen LogP contribution in [0.25, 0.3) is 0 Å². The number of aryl methyl sites for hydroxylation is 1. The molecule has 20 heavy (non-hydrogen) atoms. The number of benzene rings is 2. The first-order valence-corrected chi connectivity index (χ1v) is 7.27. The minimum atomic E-state index is -0.107. The zero-order chi connectivity index (χ0) is 14.5. The summed E-state index contributed by atoms with van der Waals surface area (Å²) in [5.74, 6) is -0.107. The van der Waals surface area contributed by atoms with Gasteiger partial charge in [0.1, 0.15) is 0 Å². The molecule has 0 aliphatic carbocycles. The topological polar surface area (TPSA) is 41.1 Å². The molecular formula is C15H14BrClN2O. The van der Waals surface area contributed by atoms with Crippen LogP contribution in [0.2, 0.25) is 5.02 Å². The molecule has 0 unspecified atom stereocenters. The van der Waals surface area contributed by atoms with Crippen molar-refractivity contribution in [1.29, 1.82) is 0 Å². The molecule has 0 atom stereocenters. The molecule has 2 N–H and O–H groups in total. The normalized spacial score (nSPS) is 10.2. The number of hydrogen-bond donors (Lipinski definition) is 2. The van der Waals surface area contributed by atoms with E-state index < -0.39 is 0 Å². The zero-order valence-corrected chi connectivity index (χ0v) is 13.3. The smallest absolute Gasteiger partial charge is 0.243 e. The van der Waals surface area contributed by atoms with Crippen LogP contribution in [0.15, 0.2) is 46.9 Å². The van der Waals surface area contributed by atoms with E-state index in [1.165, 1.54) is 0 Å². The summed E-state index contributed by atoms with van der Waals surface area (Å²) >= 11 is 9.25. The lowest BCUT2D eigenvalue weighted by Gasteiger charge is -2.09. The molecule has 3 nitrogen and oxygen atoms in total. The first-order chi connectivity index (χ1) is 9.54. The third-order valence-electron chi connectivity index (χ3n) is 2.75. The van der Waals surface area contributed by atoms with Gasteiger partial charge in [-0.15, -0.1) is 0 Å². The van der Waals surface area contributed by atoms with Gasteiger partial charge in [-0.3, -0.25) is 4.79 Å². The molecule has 2 aromatic carbocycles. The van der Waals surface area contributed by atoms with Gasteiger partial charge in [0.25, 0.3) is 0 Å². The number of anilines is 2. The highest BCUT2D eigenvalue weighted by molar-refractivity contribution is 9.10. The van der Waals surface area contributed by atoms with E-state index in [1.807, 2.05) is 25.1 Å². The molecule has 1 amide bonds. The number of hydrogen-bond acceptors (Lipinski definition) is 2. The van der Waals surface area contributed by atoms with Gasteiger partial charge in [-0.1, -0.05) is 33.6 Å². The molecule has 2 rings (SSSR count). The number of carbonyl (C=O) groups is 1. The maximum absolute atomic E-state index is 11.8. The number of halogens is 2. The molecule has 0 saturated heterocycles. The molecule has 104 valence electrons. The summed E-state index contributed by atoms with van der Waals surface area (Å²) < 4.78 is 1.01. The summed E-state index contributed by atoms with van der Waals surface area (Å²) in [5, 5.41) is 6.51. The average Bonchev–Trinajstić information content (AvgIpc) is 2.43. The fourth-order valence-corrected chi connectivity index (χ4v) is 2.13. The second-order valence-corrected chi connectivity index (χ2v) is 5.66. The molecule has 0 saturated carbocycles. The Labute approximate surface area is 131 Å². The van der Waals surface area contributed by atoms with E-state index in [0.29, 0.717) is 5.02 Å². The summed E-state index contributed by atoms with van der Waals surface area (Å²) in [4.78, 5) is 11.8. The number of rotatable bonds is 4. The highest BCUT2D eigenvalue weighted by Crippen LogP contribution is 2.20. The third-order valence-corrected chi connectivity index (χ3v) is 3.86. The molecule has 0 spiro atoms. The fourth-order valence-electron chi connectivity index (χ4n) is 1.62. The van der Waals surface area contributed by atoms with Crippen molar-refractivity contribution in [2.24, 2.45) is 0 Å². The lowest BCUT2D eigenvalue weighted by molar-refractivity contribution is -0.114. The van der Waals surface area contributed by atoms with E-state index >= 15 is 0 Å². The molecule has 0 radical (unpaired) electrons. The number of carbonyl (C=O) groups excluding carboxylic acids is 1. The van der Waals surface area contributed by atoms with Crippen molar-refractivity contribution >= 4 is 44.8 Å². The molecular weight excluding hydrogens is 340 g/mol. The van der Waals surface area contributed by atoms with E-state index in [2.05, 4.69) is 26.6 Å². The van der Waals surface area contributed by atoms with Crippen molar-refractivity contribution in [2.45, 2.75) is 6.92 Å². The van der Waals surface area contributed by atoms with Crippen LogP contribution in [0.3, 0.4) is 0 Å². The van der Waals surface area contributed by atoms with Gasteiger partial charge in [-0.25, -0.2) is 0 Å². The molecule has 0 aliphatic rings. The molecule has 0 heterocycles. The highest BCUT2D eigenvalue weighted by atomic mass is 79.9. The Morgan fingerprint density at radius 3 is 2.45 bits per heavy atom. The van der Waals surface area contributed by atoms with E-state index in [0.717, 1.165) is 21.4 Å². The Hall–Kier alpha value is -1.52. The third kappa shape index (κ3) is 4.25. The first-order valence-electron chi connectivity index (χ1n) is 6.10. The van der Waals surface area contributed by atoms with Gasteiger partial charge in [0.2, 0.25) is 5.91 Å². The molecule has 0 aliphatic heterocycles. The van der Waals surface area contributed by atoms with Gasteiger partial charge in [0.15, 0.2) is 0 Å². The Morgan fingerprint density at radius 1 is 1.15 bits per heavy atom. The van der Waals surface area contributed by atoms with Crippen LogP contribution in [0, 0.1) is 6.92 Å². The van der Waals surface area contributed by atoms with E-state index in [-0.39, 0.29) is 12.5 Å². The maximum Gasteiger partial charge on any atom is 0.243 e. The molecule has 0 bridgehead atoms. The van der Waals surface area contributed by atoms with Crippen molar-refractivity contribution in [3.63, 3.8) is 0 Å². The lowest BCUT2D eigenvalue weighted by Crippen LogP contribution is -2.21. The fraction of sp³-hybridized carbons (Fsp3) is 0.133. The quantitative estimate of drug-likeness (QED) is 0.852. The molecule has 2 aromatic rings. The predicted octanol–water partition coefficient (Wildman–Crippen LogP) is 4.46. The number of nitrogens with one attached hydrogen (secondary N) is 2. The summed E-state index contributed by atoms with van der Waals surface area (Å²) in [5.41, 5.74) is 2.78. The minimum Gasteiger partial charge on any atom is -0.376 e.